The highest BCUT2D eigenvalue weighted by Crippen LogP contribution is 2.30. The smallest absolute Gasteiger partial charge is 0.422 e. The molecule has 2 heterocycles. The maximum absolute atomic E-state index is 13.1. The zero-order chi connectivity index (χ0) is 23.5. The van der Waals surface area contributed by atoms with Gasteiger partial charge in [-0.2, -0.15) is 23.5 Å². The molecule has 1 saturated heterocycles. The zero-order valence-corrected chi connectivity index (χ0v) is 16.5. The first-order valence-electron chi connectivity index (χ1n) is 9.37. The van der Waals surface area contributed by atoms with Gasteiger partial charge in [-0.3, -0.25) is 9.48 Å². The summed E-state index contributed by atoms with van der Waals surface area (Å²) in [6, 6.07) is 6.53. The van der Waals surface area contributed by atoms with Crippen molar-refractivity contribution in [1.29, 1.82) is 5.26 Å². The first kappa shape index (κ1) is 22.9. The molecule has 0 radical (unpaired) electrons. The van der Waals surface area contributed by atoms with Crippen LogP contribution >= 0.6 is 0 Å². The molecule has 1 aliphatic heterocycles. The van der Waals surface area contributed by atoms with Gasteiger partial charge in [0.15, 0.2) is 12.4 Å². The number of alkyl halides is 3. The minimum absolute atomic E-state index is 0.0239. The van der Waals surface area contributed by atoms with Crippen LogP contribution in [0.25, 0.3) is 0 Å². The minimum atomic E-state index is -4.67. The van der Waals surface area contributed by atoms with Gasteiger partial charge in [-0.15, -0.1) is 0 Å². The van der Waals surface area contributed by atoms with Crippen molar-refractivity contribution in [3.63, 3.8) is 0 Å². The summed E-state index contributed by atoms with van der Waals surface area (Å²) in [5, 5.41) is 16.6. The fourth-order valence-electron chi connectivity index (χ4n) is 3.26. The number of nitrogens with zero attached hydrogens (tertiary/aromatic N) is 4. The Morgan fingerprint density at radius 2 is 2.00 bits per heavy atom. The lowest BCUT2D eigenvalue weighted by Gasteiger charge is -2.35. The summed E-state index contributed by atoms with van der Waals surface area (Å²) in [4.78, 5) is 25.0. The third kappa shape index (κ3) is 5.45. The third-order valence-corrected chi connectivity index (χ3v) is 4.81. The normalized spacial score (nSPS) is 18.7. The largest absolute Gasteiger partial charge is 0.440 e. The fraction of sp³-hybridized carbons (Fsp3) is 0.368. The van der Waals surface area contributed by atoms with Crippen LogP contribution < -0.4 is 11.1 Å². The van der Waals surface area contributed by atoms with Crippen LogP contribution in [0, 0.1) is 23.1 Å². The van der Waals surface area contributed by atoms with Crippen LogP contribution in [0.5, 0.6) is 0 Å². The fourth-order valence-corrected chi connectivity index (χ4v) is 3.26. The van der Waals surface area contributed by atoms with Crippen LogP contribution in [-0.4, -0.2) is 52.6 Å². The number of hydrogen-bond acceptors (Lipinski definition) is 6. The van der Waals surface area contributed by atoms with E-state index in [1.807, 2.05) is 0 Å². The topological polar surface area (TPSA) is 126 Å². The van der Waals surface area contributed by atoms with E-state index in [0.717, 1.165) is 4.90 Å². The predicted octanol–water partition coefficient (Wildman–Crippen LogP) is 2.95. The van der Waals surface area contributed by atoms with Gasteiger partial charge in [-0.1, -0.05) is 0 Å². The second kappa shape index (κ2) is 9.13. The number of amides is 2. The van der Waals surface area contributed by atoms with Gasteiger partial charge in [0.05, 0.1) is 18.0 Å². The van der Waals surface area contributed by atoms with Crippen LogP contribution in [0.1, 0.15) is 22.8 Å². The molecule has 170 valence electrons. The third-order valence-electron chi connectivity index (χ3n) is 4.81. The van der Waals surface area contributed by atoms with Gasteiger partial charge in [0, 0.05) is 25.0 Å². The standard InChI is InChI=1S/C19H18F4N6O3/c20-12-1-3-13(4-2-12)26-17-14(16(25)30)8-29(27-17)15-9-28(6-5-11(15)7-24)18(31)32-10-19(21,22)23/h1-4,8,11,15H,5-6,9-10H2,(H2,25,30)(H,26,27)/t11?,15-/m1/s1. The molecule has 1 aliphatic rings. The average molecular weight is 454 g/mol. The van der Waals surface area contributed by atoms with E-state index in [4.69, 9.17) is 5.73 Å². The Balaban J connectivity index is 1.83. The number of hydrogen-bond donors (Lipinski definition) is 2. The number of halogens is 4. The number of piperidine rings is 1. The maximum atomic E-state index is 13.1. The highest BCUT2D eigenvalue weighted by Gasteiger charge is 2.37. The molecular formula is C19H18F4N6O3. The molecule has 13 heteroatoms. The van der Waals surface area contributed by atoms with Crippen molar-refractivity contribution in [2.75, 3.05) is 25.0 Å². The van der Waals surface area contributed by atoms with Crippen molar-refractivity contribution in [1.82, 2.24) is 14.7 Å². The number of carbonyl (C=O) groups is 2. The molecule has 2 atom stereocenters. The number of primary amides is 1. The molecule has 1 aromatic heterocycles. The lowest BCUT2D eigenvalue weighted by atomic mass is 9.93. The highest BCUT2D eigenvalue weighted by atomic mass is 19.4. The lowest BCUT2D eigenvalue weighted by Crippen LogP contribution is -2.45. The van der Waals surface area contributed by atoms with Crippen molar-refractivity contribution in [2.24, 2.45) is 11.7 Å². The number of nitriles is 1. The summed E-state index contributed by atoms with van der Waals surface area (Å²) in [7, 11) is 0. The van der Waals surface area contributed by atoms with Crippen molar-refractivity contribution in [3.8, 4) is 6.07 Å². The Hall–Kier alpha value is -3.82. The number of ether oxygens (including phenoxy) is 1. The van der Waals surface area contributed by atoms with Gasteiger partial charge in [0.25, 0.3) is 5.91 Å². The monoisotopic (exact) mass is 454 g/mol. The van der Waals surface area contributed by atoms with Gasteiger partial charge in [-0.25, -0.2) is 9.18 Å². The molecule has 0 saturated carbocycles. The number of aromatic nitrogens is 2. The predicted molar refractivity (Wildman–Crippen MR) is 102 cm³/mol. The van der Waals surface area contributed by atoms with Crippen molar-refractivity contribution >= 4 is 23.5 Å². The lowest BCUT2D eigenvalue weighted by molar-refractivity contribution is -0.162. The van der Waals surface area contributed by atoms with E-state index in [9.17, 15) is 32.4 Å². The summed E-state index contributed by atoms with van der Waals surface area (Å²) in [6.45, 7) is -1.87. The van der Waals surface area contributed by atoms with Crippen molar-refractivity contribution < 1.29 is 31.9 Å². The second-order valence-electron chi connectivity index (χ2n) is 7.07. The Labute approximate surface area is 179 Å². The zero-order valence-electron chi connectivity index (χ0n) is 16.5. The molecule has 2 aromatic rings. The number of likely N-dealkylation sites (tertiary alicyclic amines) is 1. The van der Waals surface area contributed by atoms with Crippen LogP contribution in [0.4, 0.5) is 33.9 Å². The number of anilines is 2. The SMILES string of the molecule is N#CC1CCN(C(=O)OCC(F)(F)F)C[C@H]1n1cc(C(N)=O)c(Nc2ccc(F)cc2)n1. The van der Waals surface area contributed by atoms with Gasteiger partial charge in [-0.05, 0) is 30.7 Å². The molecule has 3 N–H and O–H groups in total. The van der Waals surface area contributed by atoms with Crippen LogP contribution in [0.2, 0.25) is 0 Å². The second-order valence-corrected chi connectivity index (χ2v) is 7.07. The number of rotatable bonds is 5. The summed E-state index contributed by atoms with van der Waals surface area (Å²) in [5.41, 5.74) is 5.80. The molecule has 0 spiro atoms. The summed E-state index contributed by atoms with van der Waals surface area (Å²) in [5.74, 6) is -1.89. The van der Waals surface area contributed by atoms with E-state index in [1.165, 1.54) is 35.1 Å². The van der Waals surface area contributed by atoms with E-state index in [1.54, 1.807) is 0 Å². The van der Waals surface area contributed by atoms with Gasteiger partial charge in [0.2, 0.25) is 0 Å². The first-order chi connectivity index (χ1) is 15.1. The molecule has 32 heavy (non-hydrogen) atoms. The Kier molecular flexibility index (Phi) is 6.52. The molecule has 9 nitrogen and oxygen atoms in total. The molecule has 2 amide bonds. The molecule has 1 aromatic carbocycles. The Morgan fingerprint density at radius 1 is 1.31 bits per heavy atom. The summed E-state index contributed by atoms with van der Waals surface area (Å²) < 4.78 is 55.7. The van der Waals surface area contributed by atoms with Crippen LogP contribution in [0.3, 0.4) is 0 Å². The quantitative estimate of drug-likeness (QED) is 0.669. The van der Waals surface area contributed by atoms with E-state index >= 15 is 0 Å². The molecule has 1 fully saturated rings. The molecule has 0 bridgehead atoms. The number of nitrogens with two attached hydrogens (primary N) is 1. The van der Waals surface area contributed by atoms with E-state index in [-0.39, 0.29) is 30.9 Å². The Bertz CT molecular complexity index is 1030. The summed E-state index contributed by atoms with van der Waals surface area (Å²) in [6.07, 6.45) is -4.39. The number of carbonyl (C=O) groups excluding carboxylic acids is 2. The van der Waals surface area contributed by atoms with Crippen molar-refractivity contribution in [2.45, 2.75) is 18.6 Å². The van der Waals surface area contributed by atoms with Crippen LogP contribution in [0.15, 0.2) is 30.5 Å². The maximum Gasteiger partial charge on any atom is 0.422 e. The minimum Gasteiger partial charge on any atom is -0.440 e. The van der Waals surface area contributed by atoms with E-state index < -0.39 is 42.6 Å². The van der Waals surface area contributed by atoms with Crippen LogP contribution in [-0.2, 0) is 4.74 Å². The highest BCUT2D eigenvalue weighted by molar-refractivity contribution is 5.98. The van der Waals surface area contributed by atoms with Crippen molar-refractivity contribution in [3.05, 3.63) is 41.8 Å². The summed E-state index contributed by atoms with van der Waals surface area (Å²) >= 11 is 0. The van der Waals surface area contributed by atoms with Gasteiger partial charge in [0.1, 0.15) is 11.4 Å². The first-order valence-corrected chi connectivity index (χ1v) is 9.37. The van der Waals surface area contributed by atoms with Gasteiger partial charge < -0.3 is 20.7 Å². The number of benzene rings is 1. The molecule has 1 unspecified atom stereocenters. The molecule has 0 aliphatic carbocycles. The molecular weight excluding hydrogens is 436 g/mol. The van der Waals surface area contributed by atoms with E-state index in [2.05, 4.69) is 21.2 Å². The Morgan fingerprint density at radius 3 is 2.59 bits per heavy atom. The van der Waals surface area contributed by atoms with Gasteiger partial charge >= 0.3 is 12.3 Å². The molecule has 3 rings (SSSR count). The van der Waals surface area contributed by atoms with E-state index in [0.29, 0.717) is 5.69 Å². The number of nitrogens with one attached hydrogen (secondary N) is 1. The average Bonchev–Trinajstić information content (AvgIpc) is 3.16.